The van der Waals surface area contributed by atoms with Crippen LogP contribution in [0.3, 0.4) is 0 Å². The second-order valence-electron chi connectivity index (χ2n) is 5.88. The van der Waals surface area contributed by atoms with E-state index >= 15 is 0 Å². The molecule has 2 N–H and O–H groups in total. The van der Waals surface area contributed by atoms with Gasteiger partial charge < -0.3 is 10.6 Å². The minimum Gasteiger partial charge on any atom is -0.368 e. The SMILES string of the molecule is Cc1nc(C(=O)N(C)[C@@H](C(N)=O)C2CC2)c(-c2ccccc2)s1. The van der Waals surface area contributed by atoms with E-state index in [4.69, 9.17) is 5.73 Å². The van der Waals surface area contributed by atoms with Gasteiger partial charge >= 0.3 is 0 Å². The molecule has 1 aromatic carbocycles. The number of hydrogen-bond acceptors (Lipinski definition) is 4. The average Bonchev–Trinajstić information content (AvgIpc) is 3.28. The molecule has 0 bridgehead atoms. The van der Waals surface area contributed by atoms with Crippen LogP contribution < -0.4 is 5.73 Å². The Balaban J connectivity index is 1.95. The van der Waals surface area contributed by atoms with Crippen LogP contribution >= 0.6 is 11.3 Å². The van der Waals surface area contributed by atoms with E-state index in [1.54, 1.807) is 7.05 Å². The predicted octanol–water partition coefficient (Wildman–Crippen LogP) is 2.45. The second-order valence-corrected chi connectivity index (χ2v) is 7.08. The van der Waals surface area contributed by atoms with Crippen LogP contribution in [0.25, 0.3) is 10.4 Å². The van der Waals surface area contributed by atoms with Crippen molar-refractivity contribution in [3.05, 3.63) is 41.0 Å². The number of rotatable bonds is 5. The topological polar surface area (TPSA) is 76.3 Å². The third kappa shape index (κ3) is 3.12. The van der Waals surface area contributed by atoms with Crippen molar-refractivity contribution in [1.82, 2.24) is 9.88 Å². The van der Waals surface area contributed by atoms with Crippen molar-refractivity contribution < 1.29 is 9.59 Å². The molecule has 0 radical (unpaired) electrons. The number of thiazole rings is 1. The molecule has 1 aliphatic rings. The number of amides is 2. The van der Waals surface area contributed by atoms with E-state index in [0.29, 0.717) is 5.69 Å². The Hall–Kier alpha value is -2.21. The lowest BCUT2D eigenvalue weighted by Gasteiger charge is -2.25. The zero-order valence-electron chi connectivity index (χ0n) is 13.2. The molecule has 0 saturated heterocycles. The van der Waals surface area contributed by atoms with Crippen molar-refractivity contribution in [2.24, 2.45) is 11.7 Å². The van der Waals surface area contributed by atoms with Crippen molar-refractivity contribution in [3.8, 4) is 10.4 Å². The monoisotopic (exact) mass is 329 g/mol. The number of carbonyl (C=O) groups is 2. The number of aryl methyl sites for hydroxylation is 1. The molecule has 0 aliphatic heterocycles. The first-order valence-corrected chi connectivity index (χ1v) is 8.40. The normalized spacial score (nSPS) is 15.2. The highest BCUT2D eigenvalue weighted by Gasteiger charge is 2.40. The standard InChI is InChI=1S/C17H19N3O2S/c1-10-19-13(15(23-10)12-6-4-3-5-7-12)17(22)20(2)14(16(18)21)11-8-9-11/h3-7,11,14H,8-9H2,1-2H3,(H2,18,21)/t14-/m1/s1. The summed E-state index contributed by atoms with van der Waals surface area (Å²) in [6, 6.07) is 9.15. The maximum Gasteiger partial charge on any atom is 0.274 e. The maximum atomic E-state index is 12.9. The van der Waals surface area contributed by atoms with Crippen LogP contribution in [-0.2, 0) is 4.79 Å². The van der Waals surface area contributed by atoms with Crippen LogP contribution in [-0.4, -0.2) is 34.8 Å². The first kappa shape index (κ1) is 15.7. The van der Waals surface area contributed by atoms with E-state index in [1.807, 2.05) is 37.3 Å². The molecule has 1 atom stereocenters. The van der Waals surface area contributed by atoms with Gasteiger partial charge in [-0.05, 0) is 31.2 Å². The van der Waals surface area contributed by atoms with Crippen LogP contribution in [0.5, 0.6) is 0 Å². The van der Waals surface area contributed by atoms with Gasteiger partial charge in [-0.15, -0.1) is 11.3 Å². The van der Waals surface area contributed by atoms with Crippen molar-refractivity contribution in [3.63, 3.8) is 0 Å². The summed E-state index contributed by atoms with van der Waals surface area (Å²) in [5.74, 6) is -0.512. The van der Waals surface area contributed by atoms with E-state index in [9.17, 15) is 9.59 Å². The van der Waals surface area contributed by atoms with Gasteiger partial charge in [0.1, 0.15) is 11.7 Å². The summed E-state index contributed by atoms with van der Waals surface area (Å²) < 4.78 is 0. The van der Waals surface area contributed by atoms with Crippen LogP contribution in [0.4, 0.5) is 0 Å². The fraction of sp³-hybridized carbons (Fsp3) is 0.353. The summed E-state index contributed by atoms with van der Waals surface area (Å²) in [4.78, 5) is 31.3. The van der Waals surface area contributed by atoms with Gasteiger partial charge in [0.15, 0.2) is 0 Å². The Morgan fingerprint density at radius 1 is 1.30 bits per heavy atom. The first-order chi connectivity index (χ1) is 11.0. The number of nitrogens with two attached hydrogens (primary N) is 1. The third-order valence-electron chi connectivity index (χ3n) is 4.07. The van der Waals surface area contributed by atoms with Gasteiger partial charge in [-0.3, -0.25) is 9.59 Å². The molecule has 23 heavy (non-hydrogen) atoms. The molecule has 0 spiro atoms. The van der Waals surface area contributed by atoms with Crippen LogP contribution in [0, 0.1) is 12.8 Å². The number of benzene rings is 1. The lowest BCUT2D eigenvalue weighted by atomic mass is 10.1. The molecule has 3 rings (SSSR count). The highest BCUT2D eigenvalue weighted by molar-refractivity contribution is 7.15. The average molecular weight is 329 g/mol. The minimum absolute atomic E-state index is 0.182. The zero-order chi connectivity index (χ0) is 16.6. The van der Waals surface area contributed by atoms with Gasteiger partial charge in [-0.25, -0.2) is 4.98 Å². The van der Waals surface area contributed by atoms with E-state index in [-0.39, 0.29) is 11.8 Å². The maximum absolute atomic E-state index is 12.9. The summed E-state index contributed by atoms with van der Waals surface area (Å²) >= 11 is 1.48. The van der Waals surface area contributed by atoms with E-state index in [1.165, 1.54) is 16.2 Å². The molecule has 2 aromatic rings. The lowest BCUT2D eigenvalue weighted by molar-refractivity contribution is -0.122. The molecule has 6 heteroatoms. The highest BCUT2D eigenvalue weighted by Crippen LogP contribution is 2.36. The third-order valence-corrected chi connectivity index (χ3v) is 5.09. The van der Waals surface area contributed by atoms with Crippen LogP contribution in [0.2, 0.25) is 0 Å². The summed E-state index contributed by atoms with van der Waals surface area (Å²) in [7, 11) is 1.64. The van der Waals surface area contributed by atoms with Crippen LogP contribution in [0.1, 0.15) is 28.3 Å². The van der Waals surface area contributed by atoms with Crippen molar-refractivity contribution in [2.75, 3.05) is 7.05 Å². The van der Waals surface area contributed by atoms with Gasteiger partial charge in [0, 0.05) is 7.05 Å². The van der Waals surface area contributed by atoms with Crippen molar-refractivity contribution in [1.29, 1.82) is 0 Å². The number of carbonyl (C=O) groups excluding carboxylic acids is 2. The van der Waals surface area contributed by atoms with Gasteiger partial charge in [0.25, 0.3) is 5.91 Å². The van der Waals surface area contributed by atoms with E-state index in [0.717, 1.165) is 28.3 Å². The Kier molecular flexibility index (Phi) is 4.17. The molecule has 1 aromatic heterocycles. The number of nitrogens with zero attached hydrogens (tertiary/aromatic N) is 2. The molecule has 2 amide bonds. The fourth-order valence-electron chi connectivity index (χ4n) is 2.80. The van der Waals surface area contributed by atoms with E-state index < -0.39 is 11.9 Å². The Labute approximate surface area is 139 Å². The molecule has 1 aliphatic carbocycles. The molecule has 1 saturated carbocycles. The highest BCUT2D eigenvalue weighted by atomic mass is 32.1. The number of likely N-dealkylation sites (N-methyl/N-ethyl adjacent to an activating group) is 1. The molecular weight excluding hydrogens is 310 g/mol. The number of primary amides is 1. The predicted molar refractivity (Wildman–Crippen MR) is 90.1 cm³/mol. The van der Waals surface area contributed by atoms with Gasteiger partial charge in [0.05, 0.1) is 9.88 Å². The fourth-order valence-corrected chi connectivity index (χ4v) is 3.72. The first-order valence-electron chi connectivity index (χ1n) is 7.58. The van der Waals surface area contributed by atoms with E-state index in [2.05, 4.69) is 4.98 Å². The van der Waals surface area contributed by atoms with Gasteiger partial charge in [0.2, 0.25) is 5.91 Å². The van der Waals surface area contributed by atoms with Crippen molar-refractivity contribution >= 4 is 23.2 Å². The van der Waals surface area contributed by atoms with Gasteiger partial charge in [-0.2, -0.15) is 0 Å². The van der Waals surface area contributed by atoms with Crippen LogP contribution in [0.15, 0.2) is 30.3 Å². The summed E-state index contributed by atoms with van der Waals surface area (Å²) in [6.07, 6.45) is 1.87. The molecule has 120 valence electrons. The lowest BCUT2D eigenvalue weighted by Crippen LogP contribution is -2.47. The molecular formula is C17H19N3O2S. The second kappa shape index (κ2) is 6.12. The Morgan fingerprint density at radius 2 is 1.96 bits per heavy atom. The van der Waals surface area contributed by atoms with Crippen molar-refractivity contribution in [2.45, 2.75) is 25.8 Å². The summed E-state index contributed by atoms with van der Waals surface area (Å²) in [5, 5.41) is 0.822. The molecule has 0 unspecified atom stereocenters. The zero-order valence-corrected chi connectivity index (χ0v) is 14.0. The summed E-state index contributed by atoms with van der Waals surface area (Å²) in [6.45, 7) is 1.88. The Bertz CT molecular complexity index is 738. The molecule has 5 nitrogen and oxygen atoms in total. The smallest absolute Gasteiger partial charge is 0.274 e. The number of aromatic nitrogens is 1. The quantitative estimate of drug-likeness (QED) is 0.915. The molecule has 1 fully saturated rings. The van der Waals surface area contributed by atoms with Gasteiger partial charge in [-0.1, -0.05) is 30.3 Å². The molecule has 1 heterocycles. The Morgan fingerprint density at radius 3 is 2.52 bits per heavy atom. The number of hydrogen-bond donors (Lipinski definition) is 1. The minimum atomic E-state index is -0.548. The summed E-state index contributed by atoms with van der Waals surface area (Å²) in [5.41, 5.74) is 6.85. The largest absolute Gasteiger partial charge is 0.368 e.